The normalized spacial score (nSPS) is 10.8. The van der Waals surface area contributed by atoms with Gasteiger partial charge in [-0.1, -0.05) is 11.6 Å². The Bertz CT molecular complexity index is 885. The van der Waals surface area contributed by atoms with E-state index in [2.05, 4.69) is 23.7 Å². The number of carbonyl (C=O) groups is 3. The lowest BCUT2D eigenvalue weighted by molar-refractivity contribution is -0.142. The van der Waals surface area contributed by atoms with Gasteiger partial charge in [-0.25, -0.2) is 0 Å². The van der Waals surface area contributed by atoms with Gasteiger partial charge in [0.1, 0.15) is 0 Å². The molecule has 156 valence electrons. The number of nitrogens with one attached hydrogen (secondary N) is 1. The molecule has 7 heteroatoms. The van der Waals surface area contributed by atoms with Crippen molar-refractivity contribution in [3.05, 3.63) is 57.9 Å². The second kappa shape index (κ2) is 10.3. The lowest BCUT2D eigenvalue weighted by atomic mass is 10.1. The molecule has 1 aromatic heterocycles. The molecule has 0 fully saturated rings. The fourth-order valence-electron chi connectivity index (χ4n) is 3.29. The molecule has 1 aromatic carbocycles. The summed E-state index contributed by atoms with van der Waals surface area (Å²) in [4.78, 5) is 36.3. The number of Topliss-reactive ketones (excluding diaryl/α,β-unsaturated/α-hetero) is 1. The van der Waals surface area contributed by atoms with Crippen LogP contribution in [0.4, 0.5) is 0 Å². The third-order valence-corrected chi connectivity index (χ3v) is 4.87. The highest BCUT2D eigenvalue weighted by Gasteiger charge is 2.18. The van der Waals surface area contributed by atoms with Gasteiger partial charge in [-0.2, -0.15) is 0 Å². The second-order valence-electron chi connectivity index (χ2n) is 7.20. The molecule has 0 radical (unpaired) electrons. The number of esters is 1. The van der Waals surface area contributed by atoms with E-state index >= 15 is 0 Å². The van der Waals surface area contributed by atoms with Crippen molar-refractivity contribution >= 4 is 29.3 Å². The van der Waals surface area contributed by atoms with Crippen molar-refractivity contribution in [2.45, 2.75) is 46.6 Å². The first-order valence-electron chi connectivity index (χ1n) is 9.61. The quantitative estimate of drug-likeness (QED) is 0.374. The number of ketones is 1. The first kappa shape index (κ1) is 22.7. The molecule has 2 rings (SSSR count). The Morgan fingerprint density at radius 1 is 1.14 bits per heavy atom. The summed E-state index contributed by atoms with van der Waals surface area (Å²) in [5.74, 6) is -0.906. The van der Waals surface area contributed by atoms with Gasteiger partial charge in [-0.15, -0.1) is 0 Å². The van der Waals surface area contributed by atoms with Gasteiger partial charge >= 0.3 is 5.97 Å². The van der Waals surface area contributed by atoms with Crippen molar-refractivity contribution < 1.29 is 19.1 Å². The molecule has 2 aromatic rings. The number of halogens is 1. The van der Waals surface area contributed by atoms with E-state index in [0.717, 1.165) is 11.4 Å². The number of hydrogen-bond donors (Lipinski definition) is 1. The number of amides is 1. The topological polar surface area (TPSA) is 77.4 Å². The molecule has 0 spiro atoms. The molecule has 0 atom stereocenters. The minimum atomic E-state index is -0.461. The van der Waals surface area contributed by atoms with Crippen LogP contribution in [0.2, 0.25) is 5.02 Å². The summed E-state index contributed by atoms with van der Waals surface area (Å²) in [7, 11) is 0. The average molecular weight is 419 g/mol. The fourth-order valence-corrected chi connectivity index (χ4v) is 3.41. The summed E-state index contributed by atoms with van der Waals surface area (Å²) in [6.45, 7) is 8.01. The van der Waals surface area contributed by atoms with Crippen LogP contribution in [0.3, 0.4) is 0 Å². The molecule has 1 N–H and O–H groups in total. The minimum Gasteiger partial charge on any atom is -0.457 e. The molecule has 1 amide bonds. The highest BCUT2D eigenvalue weighted by Crippen LogP contribution is 2.20. The van der Waals surface area contributed by atoms with Gasteiger partial charge in [-0.05, 0) is 64.4 Å². The molecule has 0 aliphatic heterocycles. The Morgan fingerprint density at radius 2 is 1.79 bits per heavy atom. The molecule has 0 aliphatic rings. The van der Waals surface area contributed by atoms with E-state index in [4.69, 9.17) is 16.3 Å². The number of nitrogens with zero attached hydrogens (tertiary/aromatic N) is 1. The van der Waals surface area contributed by atoms with Crippen LogP contribution in [0.1, 0.15) is 64.8 Å². The molecular weight excluding hydrogens is 392 g/mol. The van der Waals surface area contributed by atoms with Gasteiger partial charge in [0.05, 0.1) is 0 Å². The summed E-state index contributed by atoms with van der Waals surface area (Å²) in [5, 5.41) is 3.29. The maximum Gasteiger partial charge on any atom is 0.306 e. The average Bonchev–Trinajstić information content (AvgIpc) is 2.98. The van der Waals surface area contributed by atoms with Crippen molar-refractivity contribution in [3.63, 3.8) is 0 Å². The van der Waals surface area contributed by atoms with Crippen LogP contribution < -0.4 is 5.32 Å². The van der Waals surface area contributed by atoms with Gasteiger partial charge < -0.3 is 14.6 Å². The van der Waals surface area contributed by atoms with Crippen LogP contribution in [-0.2, 0) is 9.53 Å². The third-order valence-electron chi connectivity index (χ3n) is 4.62. The van der Waals surface area contributed by atoms with Crippen molar-refractivity contribution in [2.75, 3.05) is 13.2 Å². The third kappa shape index (κ3) is 6.19. The van der Waals surface area contributed by atoms with E-state index in [9.17, 15) is 14.4 Å². The fraction of sp³-hybridized carbons (Fsp3) is 0.409. The molecule has 0 saturated heterocycles. The molecule has 6 nitrogen and oxygen atoms in total. The number of benzene rings is 1. The standard InChI is InChI=1S/C22H27ClN2O4/c1-14(2)25-15(3)12-19(16(25)4)20(26)13-29-21(27)6-5-11-24-22(28)17-7-9-18(23)10-8-17/h7-10,12,14H,5-6,11,13H2,1-4H3,(H,24,28). The number of aromatic nitrogens is 1. The Hall–Kier alpha value is -2.60. The predicted octanol–water partition coefficient (Wildman–Crippen LogP) is 4.28. The first-order chi connectivity index (χ1) is 13.7. The predicted molar refractivity (Wildman–Crippen MR) is 113 cm³/mol. The molecule has 29 heavy (non-hydrogen) atoms. The van der Waals surface area contributed by atoms with E-state index in [1.54, 1.807) is 24.3 Å². The van der Waals surface area contributed by atoms with E-state index in [1.165, 1.54) is 0 Å². The maximum atomic E-state index is 12.4. The SMILES string of the molecule is Cc1cc(C(=O)COC(=O)CCCNC(=O)c2ccc(Cl)cc2)c(C)n1C(C)C. The number of aryl methyl sites for hydroxylation is 1. The summed E-state index contributed by atoms with van der Waals surface area (Å²) in [6.07, 6.45) is 0.549. The van der Waals surface area contributed by atoms with Crippen molar-refractivity contribution in [1.82, 2.24) is 9.88 Å². The summed E-state index contributed by atoms with van der Waals surface area (Å²) < 4.78 is 7.18. The maximum absolute atomic E-state index is 12.4. The molecule has 0 saturated carbocycles. The first-order valence-corrected chi connectivity index (χ1v) is 9.99. The van der Waals surface area contributed by atoms with Crippen LogP contribution in [0.5, 0.6) is 0 Å². The molecule has 0 aliphatic carbocycles. The van der Waals surface area contributed by atoms with Crippen molar-refractivity contribution in [2.24, 2.45) is 0 Å². The largest absolute Gasteiger partial charge is 0.457 e. The van der Waals surface area contributed by atoms with E-state index in [-0.39, 0.29) is 30.8 Å². The Labute approximate surface area is 176 Å². The molecular formula is C22H27ClN2O4. The zero-order valence-electron chi connectivity index (χ0n) is 17.3. The van der Waals surface area contributed by atoms with Gasteiger partial charge in [-0.3, -0.25) is 14.4 Å². The lowest BCUT2D eigenvalue weighted by Crippen LogP contribution is -2.25. The van der Waals surface area contributed by atoms with Crippen LogP contribution in [0, 0.1) is 13.8 Å². The summed E-state index contributed by atoms with van der Waals surface area (Å²) >= 11 is 5.79. The summed E-state index contributed by atoms with van der Waals surface area (Å²) in [5.41, 5.74) is 2.97. The van der Waals surface area contributed by atoms with E-state index in [0.29, 0.717) is 29.1 Å². The zero-order valence-corrected chi connectivity index (χ0v) is 18.0. The van der Waals surface area contributed by atoms with E-state index < -0.39 is 5.97 Å². The van der Waals surface area contributed by atoms with Crippen LogP contribution in [-0.4, -0.2) is 35.4 Å². The monoisotopic (exact) mass is 418 g/mol. The van der Waals surface area contributed by atoms with Gasteiger partial charge in [0.2, 0.25) is 5.78 Å². The number of carbonyl (C=O) groups excluding carboxylic acids is 3. The summed E-state index contributed by atoms with van der Waals surface area (Å²) in [6, 6.07) is 8.63. The molecule has 0 unspecified atom stereocenters. The zero-order chi connectivity index (χ0) is 21.6. The molecule has 0 bridgehead atoms. The Balaban J connectivity index is 1.73. The minimum absolute atomic E-state index is 0.124. The number of hydrogen-bond acceptors (Lipinski definition) is 4. The highest BCUT2D eigenvalue weighted by molar-refractivity contribution is 6.30. The second-order valence-corrected chi connectivity index (χ2v) is 7.64. The van der Waals surface area contributed by atoms with Crippen molar-refractivity contribution in [3.8, 4) is 0 Å². The Kier molecular flexibility index (Phi) is 8.02. The number of rotatable bonds is 9. The van der Waals surface area contributed by atoms with Gasteiger partial charge in [0.15, 0.2) is 6.61 Å². The van der Waals surface area contributed by atoms with Crippen LogP contribution in [0.25, 0.3) is 0 Å². The van der Waals surface area contributed by atoms with Gasteiger partial charge in [0.25, 0.3) is 5.91 Å². The highest BCUT2D eigenvalue weighted by atomic mass is 35.5. The lowest BCUT2D eigenvalue weighted by Gasteiger charge is -2.13. The molecule has 1 heterocycles. The Morgan fingerprint density at radius 3 is 2.38 bits per heavy atom. The van der Waals surface area contributed by atoms with Gasteiger partial charge in [0, 0.05) is 46.5 Å². The van der Waals surface area contributed by atoms with Crippen LogP contribution >= 0.6 is 11.6 Å². The van der Waals surface area contributed by atoms with Crippen LogP contribution in [0.15, 0.2) is 30.3 Å². The smallest absolute Gasteiger partial charge is 0.306 e. The van der Waals surface area contributed by atoms with E-state index in [1.807, 2.05) is 19.9 Å². The van der Waals surface area contributed by atoms with Crippen molar-refractivity contribution in [1.29, 1.82) is 0 Å². The number of ether oxygens (including phenoxy) is 1.